The summed E-state index contributed by atoms with van der Waals surface area (Å²) in [6.07, 6.45) is 9.33. The third kappa shape index (κ3) is 4.39. The van der Waals surface area contributed by atoms with Gasteiger partial charge in [-0.25, -0.2) is 0 Å². The fourth-order valence-corrected chi connectivity index (χ4v) is 3.84. The zero-order chi connectivity index (χ0) is 16.1. The van der Waals surface area contributed by atoms with Crippen LogP contribution in [0.1, 0.15) is 48.6 Å². The quantitative estimate of drug-likeness (QED) is 0.801. The molecule has 23 heavy (non-hydrogen) atoms. The van der Waals surface area contributed by atoms with E-state index in [0.29, 0.717) is 16.1 Å². The van der Waals surface area contributed by atoms with Crippen LogP contribution in [0, 0.1) is 0 Å². The van der Waals surface area contributed by atoms with Gasteiger partial charge in [-0.3, -0.25) is 10.1 Å². The molecule has 6 heteroatoms. The van der Waals surface area contributed by atoms with Crippen molar-refractivity contribution < 1.29 is 4.79 Å². The summed E-state index contributed by atoms with van der Waals surface area (Å²) in [5.41, 5.74) is 0.810. The highest BCUT2D eigenvalue weighted by atomic mass is 35.5. The Balaban J connectivity index is 1.60. The Kier molecular flexibility index (Phi) is 5.41. The van der Waals surface area contributed by atoms with Gasteiger partial charge in [-0.15, -0.1) is 10.2 Å². The summed E-state index contributed by atoms with van der Waals surface area (Å²) in [5, 5.41) is 13.3. The molecule has 1 aliphatic carbocycles. The molecule has 0 atom stereocenters. The van der Waals surface area contributed by atoms with Gasteiger partial charge in [0.15, 0.2) is 0 Å². The van der Waals surface area contributed by atoms with Crippen LogP contribution in [0.2, 0.25) is 5.02 Å². The molecule has 0 aliphatic heterocycles. The standard InChI is InChI=1S/C17H18ClN3OS/c18-14-9-5-4-6-12(14)10-11-15(22)19-17-21-20-16(23-17)13-7-2-1-3-8-13/h4-6,9-11,13H,1-3,7-8H2,(H,19,21,22)/b11-10+. The largest absolute Gasteiger partial charge is 0.297 e. The van der Waals surface area contributed by atoms with Crippen molar-refractivity contribution in [3.05, 3.63) is 45.9 Å². The van der Waals surface area contributed by atoms with Crippen LogP contribution >= 0.6 is 22.9 Å². The van der Waals surface area contributed by atoms with Gasteiger partial charge in [-0.2, -0.15) is 0 Å². The van der Waals surface area contributed by atoms with Gasteiger partial charge in [-0.05, 0) is 30.5 Å². The number of carbonyl (C=O) groups excluding carboxylic acids is 1. The van der Waals surface area contributed by atoms with Crippen molar-refractivity contribution in [2.75, 3.05) is 5.32 Å². The van der Waals surface area contributed by atoms with Crippen molar-refractivity contribution in [3.8, 4) is 0 Å². The summed E-state index contributed by atoms with van der Waals surface area (Å²) >= 11 is 7.53. The van der Waals surface area contributed by atoms with E-state index in [2.05, 4.69) is 15.5 Å². The van der Waals surface area contributed by atoms with E-state index >= 15 is 0 Å². The van der Waals surface area contributed by atoms with E-state index < -0.39 is 0 Å². The average Bonchev–Trinajstić information content (AvgIpc) is 3.03. The highest BCUT2D eigenvalue weighted by Gasteiger charge is 2.19. The first-order valence-corrected chi connectivity index (χ1v) is 8.99. The van der Waals surface area contributed by atoms with Gasteiger partial charge in [-0.1, -0.05) is 60.4 Å². The molecule has 4 nitrogen and oxygen atoms in total. The predicted octanol–water partition coefficient (Wildman–Crippen LogP) is 4.89. The summed E-state index contributed by atoms with van der Waals surface area (Å²) in [4.78, 5) is 12.0. The predicted molar refractivity (Wildman–Crippen MR) is 94.9 cm³/mol. The fourth-order valence-electron chi connectivity index (χ4n) is 2.72. The lowest BCUT2D eigenvalue weighted by Gasteiger charge is -2.18. The number of hydrogen-bond donors (Lipinski definition) is 1. The van der Waals surface area contributed by atoms with Gasteiger partial charge in [0.2, 0.25) is 11.0 Å². The van der Waals surface area contributed by atoms with Crippen molar-refractivity contribution in [1.29, 1.82) is 0 Å². The van der Waals surface area contributed by atoms with Crippen LogP contribution in [0.25, 0.3) is 6.08 Å². The molecule has 3 rings (SSSR count). The Labute approximate surface area is 144 Å². The lowest BCUT2D eigenvalue weighted by Crippen LogP contribution is -2.07. The summed E-state index contributed by atoms with van der Waals surface area (Å²) in [6, 6.07) is 7.39. The number of benzene rings is 1. The Morgan fingerprint density at radius 2 is 2.00 bits per heavy atom. The SMILES string of the molecule is O=C(/C=C/c1ccccc1Cl)Nc1nnc(C2CCCCC2)s1. The lowest BCUT2D eigenvalue weighted by molar-refractivity contribution is -0.111. The molecule has 0 radical (unpaired) electrons. The van der Waals surface area contributed by atoms with Gasteiger partial charge < -0.3 is 0 Å². The minimum atomic E-state index is -0.226. The van der Waals surface area contributed by atoms with Gasteiger partial charge in [0, 0.05) is 17.0 Å². The minimum absolute atomic E-state index is 0.226. The third-order valence-corrected chi connectivity index (χ3v) is 5.29. The monoisotopic (exact) mass is 347 g/mol. The molecule has 1 amide bonds. The number of hydrogen-bond acceptors (Lipinski definition) is 4. The van der Waals surface area contributed by atoms with Crippen LogP contribution in [0.15, 0.2) is 30.3 Å². The first kappa shape index (κ1) is 16.1. The molecule has 1 aromatic heterocycles. The summed E-state index contributed by atoms with van der Waals surface area (Å²) < 4.78 is 0. The Bertz CT molecular complexity index is 707. The minimum Gasteiger partial charge on any atom is -0.297 e. The molecule has 120 valence electrons. The number of nitrogens with zero attached hydrogens (tertiary/aromatic N) is 2. The molecule has 1 aliphatic rings. The second-order valence-electron chi connectivity index (χ2n) is 5.62. The number of amides is 1. The maximum atomic E-state index is 12.0. The average molecular weight is 348 g/mol. The molecule has 0 saturated heterocycles. The molecule has 1 N–H and O–H groups in total. The molecule has 1 heterocycles. The van der Waals surface area contributed by atoms with Crippen molar-refractivity contribution in [2.45, 2.75) is 38.0 Å². The topological polar surface area (TPSA) is 54.9 Å². The number of carbonyl (C=O) groups is 1. The smallest absolute Gasteiger partial charge is 0.250 e. The molecular weight excluding hydrogens is 330 g/mol. The van der Waals surface area contributed by atoms with Crippen LogP contribution < -0.4 is 5.32 Å². The fraction of sp³-hybridized carbons (Fsp3) is 0.353. The summed E-state index contributed by atoms with van der Waals surface area (Å²) in [6.45, 7) is 0. The molecule has 0 bridgehead atoms. The number of halogens is 1. The van der Waals surface area contributed by atoms with Gasteiger partial charge >= 0.3 is 0 Å². The zero-order valence-corrected chi connectivity index (χ0v) is 14.2. The highest BCUT2D eigenvalue weighted by Crippen LogP contribution is 2.35. The number of anilines is 1. The molecule has 1 saturated carbocycles. The first-order chi connectivity index (χ1) is 11.2. The Hall–Kier alpha value is -1.72. The van der Waals surface area contributed by atoms with Crippen molar-refractivity contribution >= 4 is 40.1 Å². The van der Waals surface area contributed by atoms with Crippen LogP contribution in [0.3, 0.4) is 0 Å². The number of aromatic nitrogens is 2. The molecule has 1 aromatic carbocycles. The normalized spacial score (nSPS) is 15.9. The Morgan fingerprint density at radius 1 is 1.22 bits per heavy atom. The summed E-state index contributed by atoms with van der Waals surface area (Å²) in [7, 11) is 0. The van der Waals surface area contributed by atoms with Crippen molar-refractivity contribution in [3.63, 3.8) is 0 Å². The van der Waals surface area contributed by atoms with Crippen LogP contribution in [-0.2, 0) is 4.79 Å². The molecular formula is C17H18ClN3OS. The lowest BCUT2D eigenvalue weighted by atomic mass is 9.90. The van der Waals surface area contributed by atoms with Gasteiger partial charge in [0.25, 0.3) is 0 Å². The zero-order valence-electron chi connectivity index (χ0n) is 12.7. The second-order valence-corrected chi connectivity index (χ2v) is 7.04. The van der Waals surface area contributed by atoms with Crippen molar-refractivity contribution in [1.82, 2.24) is 10.2 Å². The number of rotatable bonds is 4. The van der Waals surface area contributed by atoms with Gasteiger partial charge in [0.1, 0.15) is 5.01 Å². The van der Waals surface area contributed by atoms with Crippen LogP contribution in [0.4, 0.5) is 5.13 Å². The molecule has 1 fully saturated rings. The maximum Gasteiger partial charge on any atom is 0.250 e. The van der Waals surface area contributed by atoms with E-state index in [0.717, 1.165) is 10.6 Å². The van der Waals surface area contributed by atoms with Crippen molar-refractivity contribution in [2.24, 2.45) is 0 Å². The van der Waals surface area contributed by atoms with Crippen LogP contribution in [-0.4, -0.2) is 16.1 Å². The number of nitrogens with one attached hydrogen (secondary N) is 1. The Morgan fingerprint density at radius 3 is 2.78 bits per heavy atom. The molecule has 0 unspecified atom stereocenters. The highest BCUT2D eigenvalue weighted by molar-refractivity contribution is 7.15. The second kappa shape index (κ2) is 7.70. The van der Waals surface area contributed by atoms with E-state index in [9.17, 15) is 4.79 Å². The van der Waals surface area contributed by atoms with E-state index in [1.165, 1.54) is 49.5 Å². The third-order valence-electron chi connectivity index (χ3n) is 3.94. The summed E-state index contributed by atoms with van der Waals surface area (Å²) in [5.74, 6) is 0.279. The van der Waals surface area contributed by atoms with Crippen LogP contribution in [0.5, 0.6) is 0 Å². The molecule has 2 aromatic rings. The first-order valence-electron chi connectivity index (χ1n) is 7.79. The maximum absolute atomic E-state index is 12.0. The van der Waals surface area contributed by atoms with E-state index in [-0.39, 0.29) is 5.91 Å². The van der Waals surface area contributed by atoms with Gasteiger partial charge in [0.05, 0.1) is 0 Å². The molecule has 0 spiro atoms. The van der Waals surface area contributed by atoms with E-state index in [1.54, 1.807) is 12.1 Å². The van der Waals surface area contributed by atoms with E-state index in [4.69, 9.17) is 11.6 Å². The van der Waals surface area contributed by atoms with E-state index in [1.807, 2.05) is 18.2 Å².